The van der Waals surface area contributed by atoms with Gasteiger partial charge in [-0.25, -0.2) is 18.2 Å². The number of aromatic amines is 1. The first-order chi connectivity index (χ1) is 19.4. The molecule has 1 aliphatic heterocycles. The Hall–Kier alpha value is -2.98. The molecule has 1 fully saturated rings. The zero-order valence-electron chi connectivity index (χ0n) is 22.0. The number of fused-ring (bicyclic) bond motifs is 1. The number of alkyl halides is 3. The summed E-state index contributed by atoms with van der Waals surface area (Å²) in [6, 6.07) is 11.1. The Labute approximate surface area is 242 Å². The Balaban J connectivity index is 0.000000493. The molecule has 0 bridgehead atoms. The summed E-state index contributed by atoms with van der Waals surface area (Å²) in [4.78, 5) is 20.6. The maximum atomic E-state index is 13.1. The fraction of sp³-hybridized carbons (Fsp3) is 0.385. The number of carboxylic acids is 1. The molecule has 5 rings (SSSR count). The van der Waals surface area contributed by atoms with Crippen molar-refractivity contribution in [1.82, 2.24) is 14.9 Å². The average Bonchev–Trinajstić information content (AvgIpc) is 3.70. The van der Waals surface area contributed by atoms with E-state index in [1.54, 1.807) is 35.9 Å². The number of nitrogens with zero attached hydrogens (tertiary/aromatic N) is 3. The molecule has 0 aliphatic carbocycles. The van der Waals surface area contributed by atoms with E-state index in [1.807, 2.05) is 30.5 Å². The lowest BCUT2D eigenvalue weighted by Gasteiger charge is -2.31. The lowest BCUT2D eigenvalue weighted by molar-refractivity contribution is -0.192. The molecule has 3 N–H and O–H groups in total. The van der Waals surface area contributed by atoms with Crippen molar-refractivity contribution in [2.75, 3.05) is 31.0 Å². The van der Waals surface area contributed by atoms with Crippen molar-refractivity contribution < 1.29 is 36.6 Å². The van der Waals surface area contributed by atoms with E-state index in [9.17, 15) is 21.6 Å². The molecule has 0 amide bonds. The van der Waals surface area contributed by atoms with Crippen molar-refractivity contribution in [1.29, 1.82) is 0 Å². The van der Waals surface area contributed by atoms with E-state index < -0.39 is 22.2 Å². The van der Waals surface area contributed by atoms with Gasteiger partial charge in [-0.05, 0) is 61.8 Å². The lowest BCUT2D eigenvalue weighted by Crippen LogP contribution is -2.33. The number of halogens is 3. The number of carbonyl (C=O) groups is 1. The van der Waals surface area contributed by atoms with Crippen LogP contribution < -0.4 is 4.31 Å². The first kappa shape index (κ1) is 31.0. The van der Waals surface area contributed by atoms with Crippen molar-refractivity contribution >= 4 is 55.3 Å². The number of aromatic nitrogens is 2. The number of H-pyrrole nitrogens is 1. The monoisotopic (exact) mass is 630 g/mol. The number of nitrogens with one attached hydrogen (secondary N) is 1. The fourth-order valence-corrected chi connectivity index (χ4v) is 7.83. The lowest BCUT2D eigenvalue weighted by atomic mass is 9.94. The fourth-order valence-electron chi connectivity index (χ4n) is 4.53. The number of hydrogen-bond acceptors (Lipinski definition) is 8. The van der Waals surface area contributed by atoms with Gasteiger partial charge in [0.25, 0.3) is 10.0 Å². The Morgan fingerprint density at radius 1 is 1.22 bits per heavy atom. The molecule has 3 aromatic heterocycles. The van der Waals surface area contributed by atoms with E-state index in [1.165, 1.54) is 20.5 Å². The van der Waals surface area contributed by atoms with Crippen molar-refractivity contribution in [3.8, 4) is 10.7 Å². The van der Waals surface area contributed by atoms with E-state index in [-0.39, 0.29) is 6.61 Å². The van der Waals surface area contributed by atoms with Crippen LogP contribution in [0.5, 0.6) is 0 Å². The molecule has 0 spiro atoms. The zero-order chi connectivity index (χ0) is 29.8. The number of likely N-dealkylation sites (tertiary alicyclic amines) is 1. The third-order valence-corrected chi connectivity index (χ3v) is 10.9. The predicted octanol–water partition coefficient (Wildman–Crippen LogP) is 5.41. The molecular weight excluding hydrogens is 602 g/mol. The standard InChI is InChI=1S/C24H28N4O3S3.C2HF3O2/c1-27(34(30,31)22-6-3-13-32-22)21-5-2-4-18-14-20(26-23(18)21)24-25-15-19(33-24)16-28-10-7-17(8-11-28)9-12-29;3-2(4,5)1(6)7/h2-6,13-15,17,26,29H,7-12,16H2,1H3;(H,6,7). The van der Waals surface area contributed by atoms with Crippen LogP contribution in [0.1, 0.15) is 24.1 Å². The molecule has 0 radical (unpaired) electrons. The van der Waals surface area contributed by atoms with Gasteiger partial charge in [-0.1, -0.05) is 18.2 Å². The summed E-state index contributed by atoms with van der Waals surface area (Å²) in [7, 11) is -2.02. The topological polar surface area (TPSA) is 127 Å². The van der Waals surface area contributed by atoms with Gasteiger partial charge in [0.2, 0.25) is 0 Å². The van der Waals surface area contributed by atoms with Crippen molar-refractivity contribution in [2.45, 2.75) is 36.2 Å². The number of carboxylic acid groups (broad SMARTS) is 1. The molecule has 0 atom stereocenters. The van der Waals surface area contributed by atoms with E-state index in [4.69, 9.17) is 15.0 Å². The van der Waals surface area contributed by atoms with Crippen LogP contribution in [0.25, 0.3) is 21.6 Å². The molecule has 41 heavy (non-hydrogen) atoms. The second kappa shape index (κ2) is 12.9. The highest BCUT2D eigenvalue weighted by Gasteiger charge is 2.38. The highest BCUT2D eigenvalue weighted by molar-refractivity contribution is 7.94. The van der Waals surface area contributed by atoms with Gasteiger partial charge in [0.1, 0.15) is 9.22 Å². The summed E-state index contributed by atoms with van der Waals surface area (Å²) < 4.78 is 59.5. The smallest absolute Gasteiger partial charge is 0.475 e. The summed E-state index contributed by atoms with van der Waals surface area (Å²) in [6.45, 7) is 3.28. The number of aliphatic carboxylic acids is 1. The van der Waals surface area contributed by atoms with E-state index in [0.29, 0.717) is 15.8 Å². The minimum atomic E-state index is -5.08. The van der Waals surface area contributed by atoms with Gasteiger partial charge in [-0.2, -0.15) is 13.2 Å². The molecule has 15 heteroatoms. The molecule has 222 valence electrons. The van der Waals surface area contributed by atoms with Crippen LogP contribution in [0.15, 0.2) is 52.2 Å². The number of thiazole rings is 1. The number of sulfonamides is 1. The number of para-hydroxylation sites is 1. The van der Waals surface area contributed by atoms with Gasteiger partial charge < -0.3 is 15.2 Å². The van der Waals surface area contributed by atoms with Gasteiger partial charge >= 0.3 is 12.1 Å². The number of benzene rings is 1. The van der Waals surface area contributed by atoms with Gasteiger partial charge in [-0.15, -0.1) is 22.7 Å². The normalized spacial score (nSPS) is 15.0. The summed E-state index contributed by atoms with van der Waals surface area (Å²) in [6.07, 6.45) is 0.0438. The Kier molecular flexibility index (Phi) is 9.74. The van der Waals surface area contributed by atoms with Crippen LogP contribution in [-0.4, -0.2) is 72.4 Å². The minimum Gasteiger partial charge on any atom is -0.475 e. The van der Waals surface area contributed by atoms with Crippen LogP contribution in [-0.2, 0) is 21.4 Å². The Morgan fingerprint density at radius 3 is 2.54 bits per heavy atom. The zero-order valence-corrected chi connectivity index (χ0v) is 24.4. The van der Waals surface area contributed by atoms with Crippen LogP contribution in [0.4, 0.5) is 18.9 Å². The molecule has 9 nitrogen and oxygen atoms in total. The largest absolute Gasteiger partial charge is 0.490 e. The highest BCUT2D eigenvalue weighted by atomic mass is 32.2. The molecule has 0 saturated carbocycles. The third-order valence-electron chi connectivity index (χ3n) is 6.73. The van der Waals surface area contributed by atoms with Crippen LogP contribution in [0.2, 0.25) is 0 Å². The molecular formula is C26H29F3N4O5S3. The van der Waals surface area contributed by atoms with E-state index in [2.05, 4.69) is 14.9 Å². The summed E-state index contributed by atoms with van der Waals surface area (Å²) in [5.41, 5.74) is 2.28. The quantitative estimate of drug-likeness (QED) is 0.238. The molecule has 4 heterocycles. The average molecular weight is 631 g/mol. The molecule has 4 aromatic rings. The minimum absolute atomic E-state index is 0.283. The number of anilines is 1. The van der Waals surface area contributed by atoms with Crippen molar-refractivity contribution in [3.63, 3.8) is 0 Å². The number of aliphatic hydroxyl groups is 1. The van der Waals surface area contributed by atoms with Crippen LogP contribution >= 0.6 is 22.7 Å². The third kappa shape index (κ3) is 7.46. The Morgan fingerprint density at radius 2 is 1.93 bits per heavy atom. The SMILES string of the molecule is CN(c1cccc2cc(-c3ncc(CN4CCC(CCO)CC4)s3)[nH]c12)S(=O)(=O)c1cccs1.O=C(O)C(F)(F)F. The molecule has 1 aromatic carbocycles. The first-order valence-corrected chi connectivity index (χ1v) is 15.8. The second-order valence-corrected chi connectivity index (χ2v) is 13.8. The first-order valence-electron chi connectivity index (χ1n) is 12.6. The van der Waals surface area contributed by atoms with E-state index in [0.717, 1.165) is 60.5 Å². The summed E-state index contributed by atoms with van der Waals surface area (Å²) in [5, 5.41) is 19.9. The van der Waals surface area contributed by atoms with Gasteiger partial charge in [0, 0.05) is 36.7 Å². The van der Waals surface area contributed by atoms with Crippen LogP contribution in [0, 0.1) is 5.92 Å². The molecule has 1 saturated heterocycles. The highest BCUT2D eigenvalue weighted by Crippen LogP contribution is 2.35. The predicted molar refractivity (Wildman–Crippen MR) is 153 cm³/mol. The summed E-state index contributed by atoms with van der Waals surface area (Å²) in [5.74, 6) is -2.12. The van der Waals surface area contributed by atoms with Crippen LogP contribution in [0.3, 0.4) is 0 Å². The van der Waals surface area contributed by atoms with E-state index >= 15 is 0 Å². The summed E-state index contributed by atoms with van der Waals surface area (Å²) >= 11 is 2.89. The van der Waals surface area contributed by atoms with Gasteiger partial charge in [0.15, 0.2) is 0 Å². The van der Waals surface area contributed by atoms with Crippen molar-refractivity contribution in [2.24, 2.45) is 5.92 Å². The Bertz CT molecular complexity index is 1560. The number of thiophene rings is 1. The second-order valence-electron chi connectivity index (χ2n) is 9.50. The van der Waals surface area contributed by atoms with Gasteiger partial charge in [0.05, 0.1) is 16.9 Å². The molecule has 1 aliphatic rings. The number of rotatable bonds is 8. The number of hydrogen-bond donors (Lipinski definition) is 3. The van der Waals surface area contributed by atoms with Crippen molar-refractivity contribution in [3.05, 3.63) is 52.9 Å². The van der Waals surface area contributed by atoms with Gasteiger partial charge in [-0.3, -0.25) is 9.21 Å². The molecule has 0 unspecified atom stereocenters. The maximum Gasteiger partial charge on any atom is 0.490 e. The number of aliphatic hydroxyl groups excluding tert-OH is 1. The maximum absolute atomic E-state index is 13.1. The number of piperidine rings is 1.